The second-order valence-corrected chi connectivity index (χ2v) is 5.50. The molecule has 0 saturated heterocycles. The SMILES string of the molecule is CCN(CC)CCN/C=C(/C#N)C(=O)NCCc1ccc(OC)cc1. The van der Waals surface area contributed by atoms with Crippen LogP contribution in [-0.2, 0) is 11.2 Å². The number of benzene rings is 1. The molecule has 0 atom stereocenters. The molecule has 0 radical (unpaired) electrons. The zero-order chi connectivity index (χ0) is 18.5. The van der Waals surface area contributed by atoms with Crippen molar-refractivity contribution in [3.63, 3.8) is 0 Å². The average Bonchev–Trinajstić information content (AvgIpc) is 2.65. The van der Waals surface area contributed by atoms with Crippen molar-refractivity contribution in [2.75, 3.05) is 39.8 Å². The first kappa shape index (κ1) is 20.5. The Balaban J connectivity index is 2.37. The Morgan fingerprint density at radius 1 is 1.24 bits per heavy atom. The van der Waals surface area contributed by atoms with Gasteiger partial charge in [-0.2, -0.15) is 5.26 Å². The highest BCUT2D eigenvalue weighted by molar-refractivity contribution is 5.97. The first-order chi connectivity index (χ1) is 12.1. The van der Waals surface area contributed by atoms with Crippen LogP contribution in [0.15, 0.2) is 36.0 Å². The van der Waals surface area contributed by atoms with E-state index in [9.17, 15) is 4.79 Å². The van der Waals surface area contributed by atoms with Gasteiger partial charge in [-0.15, -0.1) is 0 Å². The van der Waals surface area contributed by atoms with Crippen LogP contribution in [-0.4, -0.2) is 50.6 Å². The van der Waals surface area contributed by atoms with Crippen LogP contribution in [0.4, 0.5) is 0 Å². The molecule has 1 aromatic rings. The van der Waals surface area contributed by atoms with Crippen LogP contribution in [0.25, 0.3) is 0 Å². The van der Waals surface area contributed by atoms with E-state index < -0.39 is 0 Å². The third-order valence-electron chi connectivity index (χ3n) is 3.94. The lowest BCUT2D eigenvalue weighted by atomic mass is 10.1. The molecule has 0 aliphatic rings. The molecule has 6 nitrogen and oxygen atoms in total. The van der Waals surface area contributed by atoms with Gasteiger partial charge >= 0.3 is 0 Å². The molecule has 0 bridgehead atoms. The van der Waals surface area contributed by atoms with Crippen molar-refractivity contribution >= 4 is 5.91 Å². The Bertz CT molecular complexity index is 586. The van der Waals surface area contributed by atoms with Gasteiger partial charge in [0.25, 0.3) is 5.91 Å². The van der Waals surface area contributed by atoms with Gasteiger partial charge in [-0.1, -0.05) is 26.0 Å². The van der Waals surface area contributed by atoms with Crippen LogP contribution in [0.5, 0.6) is 5.75 Å². The maximum absolute atomic E-state index is 12.0. The number of ether oxygens (including phenoxy) is 1. The van der Waals surface area contributed by atoms with E-state index in [1.807, 2.05) is 30.3 Å². The van der Waals surface area contributed by atoms with Crippen molar-refractivity contribution in [1.82, 2.24) is 15.5 Å². The molecule has 0 fully saturated rings. The van der Waals surface area contributed by atoms with Gasteiger partial charge in [0, 0.05) is 25.8 Å². The zero-order valence-corrected chi connectivity index (χ0v) is 15.3. The first-order valence-corrected chi connectivity index (χ1v) is 8.61. The Labute approximate surface area is 150 Å². The maximum atomic E-state index is 12.0. The summed E-state index contributed by atoms with van der Waals surface area (Å²) in [6.45, 7) is 8.24. The highest BCUT2D eigenvalue weighted by atomic mass is 16.5. The van der Waals surface area contributed by atoms with Gasteiger partial charge in [0.2, 0.25) is 0 Å². The van der Waals surface area contributed by atoms with Gasteiger partial charge in [-0.25, -0.2) is 0 Å². The minimum Gasteiger partial charge on any atom is -0.497 e. The lowest BCUT2D eigenvalue weighted by Crippen LogP contribution is -2.31. The number of likely N-dealkylation sites (N-methyl/N-ethyl adjacent to an activating group) is 1. The maximum Gasteiger partial charge on any atom is 0.263 e. The quantitative estimate of drug-likeness (QED) is 0.363. The number of rotatable bonds is 11. The number of hydrogen-bond acceptors (Lipinski definition) is 5. The molecule has 0 aliphatic carbocycles. The highest BCUT2D eigenvalue weighted by Gasteiger charge is 2.08. The molecule has 0 spiro atoms. The van der Waals surface area contributed by atoms with Gasteiger partial charge in [-0.05, 0) is 37.2 Å². The topological polar surface area (TPSA) is 77.4 Å². The Kier molecular flexibility index (Phi) is 9.79. The van der Waals surface area contributed by atoms with E-state index in [1.165, 1.54) is 6.20 Å². The lowest BCUT2D eigenvalue weighted by Gasteiger charge is -2.17. The minimum atomic E-state index is -0.355. The molecule has 0 unspecified atom stereocenters. The van der Waals surface area contributed by atoms with Gasteiger partial charge < -0.3 is 20.3 Å². The fraction of sp³-hybridized carbons (Fsp3) is 0.474. The number of nitrogens with zero attached hydrogens (tertiary/aromatic N) is 2. The van der Waals surface area contributed by atoms with Crippen LogP contribution in [0, 0.1) is 11.3 Å². The van der Waals surface area contributed by atoms with Crippen molar-refractivity contribution < 1.29 is 9.53 Å². The first-order valence-electron chi connectivity index (χ1n) is 8.61. The van der Waals surface area contributed by atoms with Gasteiger partial charge in [0.15, 0.2) is 0 Å². The summed E-state index contributed by atoms with van der Waals surface area (Å²) in [4.78, 5) is 14.3. The molecule has 1 aromatic carbocycles. The van der Waals surface area contributed by atoms with Crippen molar-refractivity contribution in [3.05, 3.63) is 41.6 Å². The third-order valence-corrected chi connectivity index (χ3v) is 3.94. The number of carbonyl (C=O) groups excluding carboxylic acids is 1. The van der Waals surface area contributed by atoms with Crippen LogP contribution < -0.4 is 15.4 Å². The number of carbonyl (C=O) groups is 1. The van der Waals surface area contributed by atoms with E-state index in [2.05, 4.69) is 29.4 Å². The summed E-state index contributed by atoms with van der Waals surface area (Å²) in [6, 6.07) is 9.63. The molecule has 25 heavy (non-hydrogen) atoms. The molecule has 0 aliphatic heterocycles. The smallest absolute Gasteiger partial charge is 0.263 e. The fourth-order valence-corrected chi connectivity index (χ4v) is 2.29. The molecule has 2 N–H and O–H groups in total. The molecule has 136 valence electrons. The summed E-state index contributed by atoms with van der Waals surface area (Å²) in [5.74, 6) is 0.449. The molecule has 6 heteroatoms. The van der Waals surface area contributed by atoms with E-state index in [0.717, 1.165) is 30.9 Å². The van der Waals surface area contributed by atoms with Crippen LogP contribution in [0.2, 0.25) is 0 Å². The van der Waals surface area contributed by atoms with E-state index in [4.69, 9.17) is 10.00 Å². The molecule has 0 aromatic heterocycles. The molecular weight excluding hydrogens is 316 g/mol. The number of methoxy groups -OCH3 is 1. The number of nitriles is 1. The second kappa shape index (κ2) is 11.9. The predicted molar refractivity (Wildman–Crippen MR) is 99.2 cm³/mol. The van der Waals surface area contributed by atoms with Crippen molar-refractivity contribution in [3.8, 4) is 11.8 Å². The summed E-state index contributed by atoms with van der Waals surface area (Å²) < 4.78 is 5.11. The fourth-order valence-electron chi connectivity index (χ4n) is 2.29. The third kappa shape index (κ3) is 7.73. The van der Waals surface area contributed by atoms with Crippen molar-refractivity contribution in [2.45, 2.75) is 20.3 Å². The van der Waals surface area contributed by atoms with Crippen molar-refractivity contribution in [2.24, 2.45) is 0 Å². The predicted octanol–water partition coefficient (Wildman–Crippen LogP) is 1.69. The summed E-state index contributed by atoms with van der Waals surface area (Å²) in [6.07, 6.45) is 2.19. The lowest BCUT2D eigenvalue weighted by molar-refractivity contribution is -0.117. The van der Waals surface area contributed by atoms with E-state index in [1.54, 1.807) is 7.11 Å². The zero-order valence-electron chi connectivity index (χ0n) is 15.3. The van der Waals surface area contributed by atoms with Crippen LogP contribution in [0.3, 0.4) is 0 Å². The Morgan fingerprint density at radius 2 is 1.92 bits per heavy atom. The standard InChI is InChI=1S/C19H28N4O2/c1-4-23(5-2)13-12-21-15-17(14-20)19(24)22-11-10-16-6-8-18(25-3)9-7-16/h6-9,15,21H,4-5,10-13H2,1-3H3,(H,22,24)/b17-15-. The summed E-state index contributed by atoms with van der Waals surface area (Å²) in [5.41, 5.74) is 1.19. The summed E-state index contributed by atoms with van der Waals surface area (Å²) >= 11 is 0. The van der Waals surface area contributed by atoms with E-state index in [-0.39, 0.29) is 11.5 Å². The normalized spacial score (nSPS) is 11.1. The van der Waals surface area contributed by atoms with Crippen LogP contribution in [0.1, 0.15) is 19.4 Å². The molecular formula is C19H28N4O2. The Morgan fingerprint density at radius 3 is 2.48 bits per heavy atom. The van der Waals surface area contributed by atoms with Gasteiger partial charge in [0.1, 0.15) is 17.4 Å². The van der Waals surface area contributed by atoms with Crippen LogP contribution >= 0.6 is 0 Å². The molecule has 1 rings (SSSR count). The monoisotopic (exact) mass is 344 g/mol. The number of hydrogen-bond donors (Lipinski definition) is 2. The molecule has 0 heterocycles. The van der Waals surface area contributed by atoms with E-state index in [0.29, 0.717) is 19.5 Å². The highest BCUT2D eigenvalue weighted by Crippen LogP contribution is 2.11. The van der Waals surface area contributed by atoms with Gasteiger partial charge in [0.05, 0.1) is 7.11 Å². The van der Waals surface area contributed by atoms with Crippen molar-refractivity contribution in [1.29, 1.82) is 5.26 Å². The Hall–Kier alpha value is -2.52. The molecule has 0 saturated carbocycles. The average molecular weight is 344 g/mol. The number of amides is 1. The molecule has 1 amide bonds. The van der Waals surface area contributed by atoms with Gasteiger partial charge in [-0.3, -0.25) is 4.79 Å². The minimum absolute atomic E-state index is 0.0919. The van der Waals surface area contributed by atoms with E-state index >= 15 is 0 Å². The number of nitrogens with one attached hydrogen (secondary N) is 2. The summed E-state index contributed by atoms with van der Waals surface area (Å²) in [5, 5.41) is 14.9. The summed E-state index contributed by atoms with van der Waals surface area (Å²) in [7, 11) is 1.63. The second-order valence-electron chi connectivity index (χ2n) is 5.50. The largest absolute Gasteiger partial charge is 0.497 e.